The zero-order valence-electron chi connectivity index (χ0n) is 10.7. The van der Waals surface area contributed by atoms with Crippen molar-refractivity contribution in [3.8, 4) is 12.3 Å². The zero-order valence-corrected chi connectivity index (χ0v) is 10.7. The Morgan fingerprint density at radius 3 is 2.82 bits per heavy atom. The lowest BCUT2D eigenvalue weighted by Crippen LogP contribution is -2.36. The molecule has 0 fully saturated rings. The Morgan fingerprint density at radius 1 is 1.65 bits per heavy atom. The average molecular weight is 233 g/mol. The summed E-state index contributed by atoms with van der Waals surface area (Å²) in [4.78, 5) is 11.8. The van der Waals surface area contributed by atoms with Crippen molar-refractivity contribution in [2.24, 2.45) is 0 Å². The standard InChI is InChI=1S/C13H19N3O/c1-5-7-12(6-2)14-13(17)9-16-11(4)8-10(3)15-16/h2,8,12H,5,7,9H2,1,3-4H3,(H,14,17). The maximum Gasteiger partial charge on any atom is 0.242 e. The molecule has 0 aromatic carbocycles. The predicted octanol–water partition coefficient (Wildman–Crippen LogP) is 1.42. The Hall–Kier alpha value is -1.76. The molecule has 1 atom stereocenters. The van der Waals surface area contributed by atoms with Gasteiger partial charge in [0.05, 0.1) is 11.7 Å². The van der Waals surface area contributed by atoms with Crippen molar-refractivity contribution < 1.29 is 4.79 Å². The van der Waals surface area contributed by atoms with Crippen molar-refractivity contribution in [2.45, 2.75) is 46.2 Å². The molecule has 1 heterocycles. The van der Waals surface area contributed by atoms with Crippen molar-refractivity contribution in [1.82, 2.24) is 15.1 Å². The van der Waals surface area contributed by atoms with Gasteiger partial charge < -0.3 is 5.32 Å². The number of nitrogens with zero attached hydrogens (tertiary/aromatic N) is 2. The fraction of sp³-hybridized carbons (Fsp3) is 0.538. The third-order valence-corrected chi connectivity index (χ3v) is 2.51. The fourth-order valence-corrected chi connectivity index (χ4v) is 1.70. The Morgan fingerprint density at radius 2 is 2.35 bits per heavy atom. The van der Waals surface area contributed by atoms with Crippen LogP contribution in [0.15, 0.2) is 6.07 Å². The molecule has 0 saturated carbocycles. The largest absolute Gasteiger partial charge is 0.341 e. The number of amides is 1. The summed E-state index contributed by atoms with van der Waals surface area (Å²) in [6.07, 6.45) is 7.11. The average Bonchev–Trinajstić information content (AvgIpc) is 2.56. The smallest absolute Gasteiger partial charge is 0.242 e. The maximum absolute atomic E-state index is 11.8. The Kier molecular flexibility index (Phi) is 4.77. The van der Waals surface area contributed by atoms with Crippen LogP contribution in [0, 0.1) is 26.2 Å². The molecule has 0 aliphatic carbocycles. The van der Waals surface area contributed by atoms with Crippen LogP contribution in [0.3, 0.4) is 0 Å². The summed E-state index contributed by atoms with van der Waals surface area (Å²) in [6.45, 7) is 6.10. The van der Waals surface area contributed by atoms with Crippen molar-refractivity contribution in [3.63, 3.8) is 0 Å². The van der Waals surface area contributed by atoms with Crippen molar-refractivity contribution in [2.75, 3.05) is 0 Å². The van der Waals surface area contributed by atoms with Crippen LogP contribution in [0.4, 0.5) is 0 Å². The molecule has 0 aliphatic rings. The van der Waals surface area contributed by atoms with Gasteiger partial charge in [0, 0.05) is 5.69 Å². The van der Waals surface area contributed by atoms with Crippen molar-refractivity contribution in [1.29, 1.82) is 0 Å². The van der Waals surface area contributed by atoms with E-state index in [2.05, 4.69) is 16.3 Å². The highest BCUT2D eigenvalue weighted by Gasteiger charge is 2.10. The maximum atomic E-state index is 11.8. The van der Waals surface area contributed by atoms with Gasteiger partial charge in [0.1, 0.15) is 6.54 Å². The van der Waals surface area contributed by atoms with E-state index < -0.39 is 0 Å². The van der Waals surface area contributed by atoms with Gasteiger partial charge in [-0.05, 0) is 26.3 Å². The molecule has 1 N–H and O–H groups in total. The molecule has 17 heavy (non-hydrogen) atoms. The van der Waals surface area contributed by atoms with Gasteiger partial charge in [-0.15, -0.1) is 6.42 Å². The first kappa shape index (κ1) is 13.3. The number of carbonyl (C=O) groups excluding carboxylic acids is 1. The molecule has 1 aromatic rings. The van der Waals surface area contributed by atoms with E-state index in [1.807, 2.05) is 26.8 Å². The summed E-state index contributed by atoms with van der Waals surface area (Å²) in [5, 5.41) is 7.05. The van der Waals surface area contributed by atoms with Gasteiger partial charge in [0.2, 0.25) is 5.91 Å². The summed E-state index contributed by atoms with van der Waals surface area (Å²) in [5.41, 5.74) is 1.89. The molecule has 1 unspecified atom stereocenters. The van der Waals surface area contributed by atoms with E-state index in [0.717, 1.165) is 24.2 Å². The third kappa shape index (κ3) is 3.95. The first-order valence-electron chi connectivity index (χ1n) is 5.83. The van der Waals surface area contributed by atoms with Crippen LogP contribution in [0.1, 0.15) is 31.2 Å². The normalized spacial score (nSPS) is 11.9. The number of hydrogen-bond donors (Lipinski definition) is 1. The van der Waals surface area contributed by atoms with Crippen molar-refractivity contribution in [3.05, 3.63) is 17.5 Å². The van der Waals surface area contributed by atoms with Gasteiger partial charge >= 0.3 is 0 Å². The van der Waals surface area contributed by atoms with Crippen LogP contribution >= 0.6 is 0 Å². The summed E-state index contributed by atoms with van der Waals surface area (Å²) < 4.78 is 1.68. The van der Waals surface area contributed by atoms with Crippen LogP contribution in [-0.2, 0) is 11.3 Å². The molecule has 1 rings (SSSR count). The predicted molar refractivity (Wildman–Crippen MR) is 67.4 cm³/mol. The molecule has 0 bridgehead atoms. The van der Waals surface area contributed by atoms with Crippen LogP contribution in [0.2, 0.25) is 0 Å². The second-order valence-corrected chi connectivity index (χ2v) is 4.16. The summed E-state index contributed by atoms with van der Waals surface area (Å²) >= 11 is 0. The molecule has 1 aromatic heterocycles. The molecular weight excluding hydrogens is 214 g/mol. The Balaban J connectivity index is 2.55. The van der Waals surface area contributed by atoms with Gasteiger partial charge in [0.25, 0.3) is 0 Å². The number of rotatable bonds is 5. The topological polar surface area (TPSA) is 46.9 Å². The van der Waals surface area contributed by atoms with E-state index >= 15 is 0 Å². The quantitative estimate of drug-likeness (QED) is 0.782. The number of nitrogens with one attached hydrogen (secondary N) is 1. The summed E-state index contributed by atoms with van der Waals surface area (Å²) in [7, 11) is 0. The highest BCUT2D eigenvalue weighted by Crippen LogP contribution is 2.01. The van der Waals surface area contributed by atoms with E-state index in [9.17, 15) is 4.79 Å². The van der Waals surface area contributed by atoms with Crippen LogP contribution in [0.5, 0.6) is 0 Å². The van der Waals surface area contributed by atoms with Gasteiger partial charge in [-0.25, -0.2) is 0 Å². The van der Waals surface area contributed by atoms with E-state index in [1.165, 1.54) is 0 Å². The molecule has 0 spiro atoms. The lowest BCUT2D eigenvalue weighted by Gasteiger charge is -2.12. The van der Waals surface area contributed by atoms with Crippen LogP contribution in [0.25, 0.3) is 0 Å². The summed E-state index contributed by atoms with van der Waals surface area (Å²) in [6, 6.07) is 1.77. The van der Waals surface area contributed by atoms with E-state index in [0.29, 0.717) is 0 Å². The van der Waals surface area contributed by atoms with Crippen LogP contribution < -0.4 is 5.32 Å². The van der Waals surface area contributed by atoms with Crippen molar-refractivity contribution >= 4 is 5.91 Å². The number of hydrogen-bond acceptors (Lipinski definition) is 2. The minimum atomic E-state index is -0.176. The first-order valence-corrected chi connectivity index (χ1v) is 5.83. The summed E-state index contributed by atoms with van der Waals surface area (Å²) in [5.74, 6) is 2.49. The van der Waals surface area contributed by atoms with E-state index in [1.54, 1.807) is 4.68 Å². The van der Waals surface area contributed by atoms with Gasteiger partial charge in [-0.2, -0.15) is 5.10 Å². The molecule has 0 aliphatic heterocycles. The number of carbonyl (C=O) groups is 1. The van der Waals surface area contributed by atoms with E-state index in [-0.39, 0.29) is 18.5 Å². The molecule has 92 valence electrons. The first-order chi connectivity index (χ1) is 8.06. The molecule has 1 amide bonds. The SMILES string of the molecule is C#CC(CCC)NC(=O)Cn1nc(C)cc1C. The van der Waals surface area contributed by atoms with Gasteiger partial charge in [-0.3, -0.25) is 9.48 Å². The molecule has 0 radical (unpaired) electrons. The van der Waals surface area contributed by atoms with Gasteiger partial charge in [0.15, 0.2) is 0 Å². The fourth-order valence-electron chi connectivity index (χ4n) is 1.70. The molecule has 4 heteroatoms. The number of terminal acetylenes is 1. The molecule has 4 nitrogen and oxygen atoms in total. The highest BCUT2D eigenvalue weighted by molar-refractivity contribution is 5.76. The van der Waals surface area contributed by atoms with Crippen LogP contribution in [-0.4, -0.2) is 21.7 Å². The number of aryl methyl sites for hydroxylation is 2. The minimum absolute atomic E-state index is 0.0902. The third-order valence-electron chi connectivity index (χ3n) is 2.51. The minimum Gasteiger partial charge on any atom is -0.341 e. The van der Waals surface area contributed by atoms with Gasteiger partial charge in [-0.1, -0.05) is 19.3 Å². The lowest BCUT2D eigenvalue weighted by molar-refractivity contribution is -0.122. The second-order valence-electron chi connectivity index (χ2n) is 4.16. The Labute approximate surface area is 102 Å². The monoisotopic (exact) mass is 233 g/mol. The zero-order chi connectivity index (χ0) is 12.8. The number of aromatic nitrogens is 2. The molecule has 0 saturated heterocycles. The second kappa shape index (κ2) is 6.09. The molecular formula is C13H19N3O. The lowest BCUT2D eigenvalue weighted by atomic mass is 10.2. The van der Waals surface area contributed by atoms with E-state index in [4.69, 9.17) is 6.42 Å². The Bertz CT molecular complexity index is 428. The highest BCUT2D eigenvalue weighted by atomic mass is 16.2.